The van der Waals surface area contributed by atoms with Crippen LogP contribution in [0.3, 0.4) is 0 Å². The molecule has 0 aromatic heterocycles. The summed E-state index contributed by atoms with van der Waals surface area (Å²) < 4.78 is 37.5. The molecule has 1 aliphatic heterocycles. The van der Waals surface area contributed by atoms with Gasteiger partial charge in [0.15, 0.2) is 0 Å². The number of nitrogens with zero attached hydrogens (tertiary/aromatic N) is 1. The van der Waals surface area contributed by atoms with Crippen LogP contribution in [0.4, 0.5) is 23.7 Å². The van der Waals surface area contributed by atoms with E-state index in [4.69, 9.17) is 5.73 Å². The summed E-state index contributed by atoms with van der Waals surface area (Å²) in [6.45, 7) is 3.04. The van der Waals surface area contributed by atoms with Gasteiger partial charge < -0.3 is 16.0 Å². The number of hydrogen-bond acceptors (Lipinski definition) is 2. The minimum absolute atomic E-state index is 0.0387. The summed E-state index contributed by atoms with van der Waals surface area (Å²) in [4.78, 5) is 14.0. The van der Waals surface area contributed by atoms with Crippen LogP contribution in [0.1, 0.15) is 25.3 Å². The average Bonchev–Trinajstić information content (AvgIpc) is 2.46. The second-order valence-electron chi connectivity index (χ2n) is 5.62. The van der Waals surface area contributed by atoms with E-state index in [1.165, 1.54) is 12.1 Å². The second-order valence-corrected chi connectivity index (χ2v) is 5.62. The molecule has 0 bridgehead atoms. The third-order valence-electron chi connectivity index (χ3n) is 4.08. The van der Waals surface area contributed by atoms with Gasteiger partial charge in [0.1, 0.15) is 0 Å². The number of hydrogen-bond donors (Lipinski definition) is 2. The Balaban J connectivity index is 2.05. The average molecular weight is 315 g/mol. The molecule has 0 spiro atoms. The SMILES string of the molecule is CC1CCCN(C(=O)Nc2ccc(C(F)(F)F)cc2)C1CN. The Morgan fingerprint density at radius 1 is 1.36 bits per heavy atom. The van der Waals surface area contributed by atoms with E-state index in [2.05, 4.69) is 12.2 Å². The molecule has 1 aliphatic rings. The van der Waals surface area contributed by atoms with Gasteiger partial charge in [0.05, 0.1) is 5.56 Å². The number of urea groups is 1. The van der Waals surface area contributed by atoms with E-state index >= 15 is 0 Å². The number of rotatable bonds is 2. The number of carbonyl (C=O) groups is 1. The molecule has 0 aliphatic carbocycles. The van der Waals surface area contributed by atoms with Gasteiger partial charge in [-0.1, -0.05) is 6.92 Å². The van der Waals surface area contributed by atoms with Gasteiger partial charge in [-0.2, -0.15) is 13.2 Å². The van der Waals surface area contributed by atoms with Gasteiger partial charge in [-0.05, 0) is 43.0 Å². The Morgan fingerprint density at radius 2 is 2.00 bits per heavy atom. The molecule has 1 fully saturated rings. The molecule has 0 saturated carbocycles. The van der Waals surface area contributed by atoms with Crippen molar-refractivity contribution < 1.29 is 18.0 Å². The van der Waals surface area contributed by atoms with Gasteiger partial charge >= 0.3 is 12.2 Å². The Hall–Kier alpha value is -1.76. The van der Waals surface area contributed by atoms with Gasteiger partial charge in [0, 0.05) is 24.8 Å². The van der Waals surface area contributed by atoms with Crippen molar-refractivity contribution in [1.82, 2.24) is 4.90 Å². The highest BCUT2D eigenvalue weighted by molar-refractivity contribution is 5.89. The molecule has 3 N–H and O–H groups in total. The summed E-state index contributed by atoms with van der Waals surface area (Å²) >= 11 is 0. The van der Waals surface area contributed by atoms with Gasteiger partial charge in [-0.15, -0.1) is 0 Å². The molecule has 122 valence electrons. The number of benzene rings is 1. The number of alkyl halides is 3. The molecule has 7 heteroatoms. The lowest BCUT2D eigenvalue weighted by Crippen LogP contribution is -2.52. The van der Waals surface area contributed by atoms with Crippen molar-refractivity contribution in [3.05, 3.63) is 29.8 Å². The maximum Gasteiger partial charge on any atom is 0.416 e. The van der Waals surface area contributed by atoms with E-state index in [1.54, 1.807) is 4.90 Å². The number of nitrogens with two attached hydrogens (primary N) is 1. The lowest BCUT2D eigenvalue weighted by atomic mass is 9.91. The fraction of sp³-hybridized carbons (Fsp3) is 0.533. The van der Waals surface area contributed by atoms with Crippen molar-refractivity contribution in [2.45, 2.75) is 32.0 Å². The highest BCUT2D eigenvalue weighted by Gasteiger charge is 2.32. The largest absolute Gasteiger partial charge is 0.416 e. The molecular weight excluding hydrogens is 295 g/mol. The van der Waals surface area contributed by atoms with Gasteiger partial charge in [-0.25, -0.2) is 4.79 Å². The van der Waals surface area contributed by atoms with Crippen LogP contribution in [-0.4, -0.2) is 30.1 Å². The number of amides is 2. The van der Waals surface area contributed by atoms with Crippen molar-refractivity contribution in [2.75, 3.05) is 18.4 Å². The molecule has 0 radical (unpaired) electrons. The molecule has 1 saturated heterocycles. The molecule has 2 rings (SSSR count). The van der Waals surface area contributed by atoms with Crippen LogP contribution in [0, 0.1) is 5.92 Å². The zero-order valence-corrected chi connectivity index (χ0v) is 12.4. The summed E-state index contributed by atoms with van der Waals surface area (Å²) in [5, 5.41) is 2.64. The second kappa shape index (κ2) is 6.56. The Labute approximate surface area is 127 Å². The summed E-state index contributed by atoms with van der Waals surface area (Å²) in [5.74, 6) is 0.317. The van der Waals surface area contributed by atoms with Crippen LogP contribution in [-0.2, 0) is 6.18 Å². The highest BCUT2D eigenvalue weighted by Crippen LogP contribution is 2.30. The van der Waals surface area contributed by atoms with E-state index in [0.29, 0.717) is 24.7 Å². The number of piperidine rings is 1. The molecule has 22 heavy (non-hydrogen) atoms. The molecule has 4 nitrogen and oxygen atoms in total. The lowest BCUT2D eigenvalue weighted by molar-refractivity contribution is -0.137. The number of nitrogens with one attached hydrogen (secondary N) is 1. The van der Waals surface area contributed by atoms with Crippen LogP contribution in [0.25, 0.3) is 0 Å². The van der Waals surface area contributed by atoms with Crippen molar-refractivity contribution >= 4 is 11.7 Å². The number of anilines is 1. The Bertz CT molecular complexity index is 516. The standard InChI is InChI=1S/C15H20F3N3O/c1-10-3-2-8-21(13(10)9-19)14(22)20-12-6-4-11(5-7-12)15(16,17)18/h4-7,10,13H,2-3,8-9,19H2,1H3,(H,20,22). The quantitative estimate of drug-likeness (QED) is 0.880. The first-order chi connectivity index (χ1) is 10.3. The number of likely N-dealkylation sites (tertiary alicyclic amines) is 1. The van der Waals surface area contributed by atoms with E-state index < -0.39 is 11.7 Å². The van der Waals surface area contributed by atoms with Crippen LogP contribution in [0.15, 0.2) is 24.3 Å². The fourth-order valence-electron chi connectivity index (χ4n) is 2.80. The Kier molecular flexibility index (Phi) is 4.95. The van der Waals surface area contributed by atoms with E-state index in [0.717, 1.165) is 25.0 Å². The molecular formula is C15H20F3N3O. The summed E-state index contributed by atoms with van der Waals surface area (Å²) in [7, 11) is 0. The minimum atomic E-state index is -4.38. The molecule has 1 aromatic rings. The van der Waals surface area contributed by atoms with Crippen molar-refractivity contribution in [3.8, 4) is 0 Å². The third kappa shape index (κ3) is 3.71. The normalized spacial score (nSPS) is 22.5. The minimum Gasteiger partial charge on any atom is -0.328 e. The topological polar surface area (TPSA) is 58.4 Å². The van der Waals surface area contributed by atoms with Gasteiger partial charge in [0.25, 0.3) is 0 Å². The van der Waals surface area contributed by atoms with Crippen molar-refractivity contribution in [2.24, 2.45) is 11.7 Å². The summed E-state index contributed by atoms with van der Waals surface area (Å²) in [6, 6.07) is 4.06. The highest BCUT2D eigenvalue weighted by atomic mass is 19.4. The Morgan fingerprint density at radius 3 is 2.55 bits per heavy atom. The van der Waals surface area contributed by atoms with Crippen molar-refractivity contribution in [3.63, 3.8) is 0 Å². The molecule has 2 unspecified atom stereocenters. The van der Waals surface area contributed by atoms with Gasteiger partial charge in [0.2, 0.25) is 0 Å². The molecule has 1 heterocycles. The van der Waals surface area contributed by atoms with Crippen molar-refractivity contribution in [1.29, 1.82) is 0 Å². The van der Waals surface area contributed by atoms with E-state index in [1.807, 2.05) is 0 Å². The van der Waals surface area contributed by atoms with Gasteiger partial charge in [-0.3, -0.25) is 0 Å². The predicted molar refractivity (Wildman–Crippen MR) is 78.4 cm³/mol. The lowest BCUT2D eigenvalue weighted by Gasteiger charge is -2.39. The molecule has 1 aromatic carbocycles. The first kappa shape index (κ1) is 16.6. The fourth-order valence-corrected chi connectivity index (χ4v) is 2.80. The molecule has 2 atom stereocenters. The van der Waals surface area contributed by atoms with E-state index in [-0.39, 0.29) is 12.1 Å². The summed E-state index contributed by atoms with van der Waals surface area (Å²) in [6.07, 6.45) is -2.46. The summed E-state index contributed by atoms with van der Waals surface area (Å²) in [5.41, 5.74) is 5.34. The van der Waals surface area contributed by atoms with Crippen LogP contribution in [0.2, 0.25) is 0 Å². The van der Waals surface area contributed by atoms with Crippen LogP contribution >= 0.6 is 0 Å². The van der Waals surface area contributed by atoms with Crippen LogP contribution < -0.4 is 11.1 Å². The van der Waals surface area contributed by atoms with Crippen LogP contribution in [0.5, 0.6) is 0 Å². The smallest absolute Gasteiger partial charge is 0.328 e. The maximum atomic E-state index is 12.5. The molecule has 2 amide bonds. The monoisotopic (exact) mass is 315 g/mol. The number of halogens is 3. The number of carbonyl (C=O) groups excluding carboxylic acids is 1. The third-order valence-corrected chi connectivity index (χ3v) is 4.08. The first-order valence-electron chi connectivity index (χ1n) is 7.28. The zero-order chi connectivity index (χ0) is 16.3. The zero-order valence-electron chi connectivity index (χ0n) is 12.4. The predicted octanol–water partition coefficient (Wildman–Crippen LogP) is 3.30. The van der Waals surface area contributed by atoms with E-state index in [9.17, 15) is 18.0 Å². The first-order valence-corrected chi connectivity index (χ1v) is 7.28. The maximum absolute atomic E-state index is 12.5.